The van der Waals surface area contributed by atoms with Gasteiger partial charge in [0, 0.05) is 61.2 Å². The van der Waals surface area contributed by atoms with E-state index in [1.807, 2.05) is 35.6 Å². The van der Waals surface area contributed by atoms with Crippen molar-refractivity contribution in [2.75, 3.05) is 60.4 Å². The van der Waals surface area contributed by atoms with Gasteiger partial charge in [0.2, 0.25) is 17.2 Å². The number of hydroxylamine groups is 1. The van der Waals surface area contributed by atoms with E-state index >= 15 is 0 Å². The Labute approximate surface area is 533 Å². The van der Waals surface area contributed by atoms with Gasteiger partial charge in [-0.3, -0.25) is 19.2 Å². The smallest absolute Gasteiger partial charge is 0.229 e. The second kappa shape index (κ2) is 32.1. The number of benzene rings is 1. The predicted octanol–water partition coefficient (Wildman–Crippen LogP) is 3.34. The van der Waals surface area contributed by atoms with Crippen LogP contribution in [0.15, 0.2) is 34.9 Å². The Morgan fingerprint density at radius 2 is 1.61 bits per heavy atom. The lowest BCUT2D eigenvalue weighted by Gasteiger charge is -2.46. The molecule has 5 heterocycles. The third kappa shape index (κ3) is 16.5. The Hall–Kier alpha value is -2.93. The van der Waals surface area contributed by atoms with E-state index in [0.29, 0.717) is 26.7 Å². The number of aliphatic hydroxyl groups excluding tert-OH is 4. The Morgan fingerprint density at radius 3 is 2.29 bits per heavy atom. The molecule has 2 bridgehead atoms. The number of Topliss-reactive ketones (excluding diaryl/α,β-unsaturated/α-hetero) is 2. The largest absolute Gasteiger partial charge is 0.492 e. The van der Waals surface area contributed by atoms with Gasteiger partial charge in [-0.05, 0) is 107 Å². The van der Waals surface area contributed by atoms with Crippen molar-refractivity contribution < 1.29 is 96.9 Å². The molecule has 0 saturated carbocycles. The van der Waals surface area contributed by atoms with E-state index in [9.17, 15) is 39.9 Å². The van der Waals surface area contributed by atoms with Gasteiger partial charge >= 0.3 is 0 Å². The first kappa shape index (κ1) is 69.9. The topological polar surface area (TPSA) is 299 Å². The fourth-order valence-electron chi connectivity index (χ4n) is 11.7. The molecule has 27 heteroatoms. The molecule has 8 rings (SSSR count). The molecular weight excluding hydrogens is 1310 g/mol. The van der Waals surface area contributed by atoms with Crippen molar-refractivity contribution in [1.82, 2.24) is 16.1 Å². The third-order valence-corrected chi connectivity index (χ3v) is 21.8. The minimum absolute atomic E-state index is 0.0349. The van der Waals surface area contributed by atoms with Crippen LogP contribution in [-0.4, -0.2) is 223 Å². The Morgan fingerprint density at radius 1 is 0.885 bits per heavy atom. The number of hydrogen-bond donors (Lipinski definition) is 8. The van der Waals surface area contributed by atoms with Gasteiger partial charge in [0.05, 0.1) is 84.2 Å². The van der Waals surface area contributed by atoms with Gasteiger partial charge in [-0.1, -0.05) is 70.0 Å². The molecule has 5 aliphatic heterocycles. The molecule has 1 aromatic rings. The average Bonchev–Trinajstić information content (AvgIpc) is 0.940. The maximum Gasteiger partial charge on any atom is 0.229 e. The molecule has 0 amide bonds. The standard InChI is InChI=1S/C60H82IN3O20S3/c1-11-63-37-28-77-42(26-41(37)73-7)82-54-49(69)47(31(4)79-59(54)81-40-16-14-12-13-15-20-60(72)27-39(67)35(24-29(2)65)45(40)36(60)19-23-85-87-34-17-21-62-22-18-34)64-84-43-25-38(66)56(33(6)78-43)86-57(71)44-30(3)46(61)52(55(76-10)51(44)74-8)83-58-50(70)53(75-9)48(68)32(5)80-58/h12-13,19,31-34,37-38,40-43,47-50,53-54,56,58-59,62-64,66,68-70,72H,11,17-18,21-28H2,1-10H3/b13-12-,36-19+/t31-,32+,33-,37+,38+,40+,41+,42+,43+,47-,48+,49+,50-,53-,54-,56-,58+,59+,60+/m1/s1. The number of allylic oxidation sites excluding steroid dienone is 3. The monoisotopic (exact) mass is 1390 g/mol. The molecule has 0 spiro atoms. The number of carbonyl (C=O) groups excluding carboxylic acids is 3. The zero-order chi connectivity index (χ0) is 62.9. The summed E-state index contributed by atoms with van der Waals surface area (Å²) in [4.78, 5) is 47.9. The van der Waals surface area contributed by atoms with E-state index in [2.05, 4.69) is 39.8 Å². The molecule has 5 fully saturated rings. The Kier molecular flexibility index (Phi) is 25.8. The van der Waals surface area contributed by atoms with Gasteiger partial charge < -0.3 is 88.3 Å². The normalized spacial score (nSPS) is 36.5. The molecule has 23 nitrogen and oxygen atoms in total. The third-order valence-electron chi connectivity index (χ3n) is 16.3. The van der Waals surface area contributed by atoms with E-state index in [1.54, 1.807) is 56.4 Å². The highest BCUT2D eigenvalue weighted by Gasteiger charge is 2.52. The van der Waals surface area contributed by atoms with Crippen LogP contribution in [0, 0.1) is 34.2 Å². The highest BCUT2D eigenvalue weighted by atomic mass is 127. The fraction of sp³-hybridized carbons (Fsp3) is 0.683. The van der Waals surface area contributed by atoms with Gasteiger partial charge in [0.25, 0.3) is 0 Å². The molecular formula is C60H82IN3O20S3. The maximum atomic E-state index is 14.5. The van der Waals surface area contributed by atoms with Gasteiger partial charge in [0.1, 0.15) is 42.4 Å². The number of fused-ring (bicyclic) bond motifs is 2. The molecule has 19 atom stereocenters. The zero-order valence-electron chi connectivity index (χ0n) is 50.4. The van der Waals surface area contributed by atoms with Crippen molar-refractivity contribution in [3.63, 3.8) is 0 Å². The molecule has 7 aliphatic rings. The highest BCUT2D eigenvalue weighted by Crippen LogP contribution is 2.49. The van der Waals surface area contributed by atoms with Crippen LogP contribution < -0.4 is 30.3 Å². The number of ketones is 2. The number of carbonyl (C=O) groups is 3. The first-order valence-electron chi connectivity index (χ1n) is 29.2. The number of ether oxygens (including phenoxy) is 11. The lowest BCUT2D eigenvalue weighted by molar-refractivity contribution is -0.336. The van der Waals surface area contributed by atoms with Crippen molar-refractivity contribution in [2.24, 2.45) is 0 Å². The summed E-state index contributed by atoms with van der Waals surface area (Å²) >= 11 is 2.85. The van der Waals surface area contributed by atoms with Crippen LogP contribution in [0.3, 0.4) is 0 Å². The summed E-state index contributed by atoms with van der Waals surface area (Å²) in [7, 11) is 9.06. The second-order valence-electron chi connectivity index (χ2n) is 22.2. The van der Waals surface area contributed by atoms with Crippen molar-refractivity contribution >= 4 is 72.6 Å². The summed E-state index contributed by atoms with van der Waals surface area (Å²) in [6.07, 6.45) is -10.3. The number of rotatable bonds is 23. The molecule has 8 N–H and O–H groups in total. The number of piperidine rings is 1. The van der Waals surface area contributed by atoms with Crippen LogP contribution in [-0.2, 0) is 52.3 Å². The number of aliphatic hydroxyl groups is 5. The van der Waals surface area contributed by atoms with Crippen LogP contribution in [0.1, 0.15) is 89.1 Å². The van der Waals surface area contributed by atoms with E-state index in [0.717, 1.165) is 37.7 Å². The van der Waals surface area contributed by atoms with Crippen LogP contribution in [0.4, 0.5) is 0 Å². The molecule has 1 aromatic carbocycles. The van der Waals surface area contributed by atoms with E-state index in [4.69, 9.17) is 56.9 Å². The summed E-state index contributed by atoms with van der Waals surface area (Å²) in [5.41, 5.74) is 2.13. The zero-order valence-corrected chi connectivity index (χ0v) is 55.0. The Bertz CT molecular complexity index is 2810. The molecule has 87 heavy (non-hydrogen) atoms. The van der Waals surface area contributed by atoms with E-state index < -0.39 is 120 Å². The fourth-order valence-corrected chi connectivity index (χ4v) is 16.0. The lowest BCUT2D eigenvalue weighted by atomic mass is 9.72. The number of hydrogen-bond acceptors (Lipinski definition) is 26. The van der Waals surface area contributed by atoms with Crippen molar-refractivity contribution in [1.29, 1.82) is 0 Å². The van der Waals surface area contributed by atoms with Crippen molar-refractivity contribution in [3.05, 3.63) is 49.6 Å². The number of halogens is 1. The molecule has 0 aromatic heterocycles. The summed E-state index contributed by atoms with van der Waals surface area (Å²) in [6.45, 7) is 12.8. The average molecular weight is 1390 g/mol. The van der Waals surface area contributed by atoms with Gasteiger partial charge in [0.15, 0.2) is 41.8 Å². The Balaban J connectivity index is 1.01. The van der Waals surface area contributed by atoms with Gasteiger partial charge in [-0.25, -0.2) is 0 Å². The highest BCUT2D eigenvalue weighted by molar-refractivity contribution is 14.1. The van der Waals surface area contributed by atoms with Gasteiger partial charge in [-0.2, -0.15) is 5.48 Å². The first-order valence-corrected chi connectivity index (χ1v) is 33.5. The number of thioether (sulfide) groups is 1. The first-order chi connectivity index (χ1) is 41.7. The number of methoxy groups -OCH3 is 4. The van der Waals surface area contributed by atoms with Crippen LogP contribution in [0.5, 0.6) is 17.2 Å². The molecule has 5 saturated heterocycles. The predicted molar refractivity (Wildman–Crippen MR) is 332 cm³/mol. The van der Waals surface area contributed by atoms with Crippen molar-refractivity contribution in [2.45, 2.75) is 201 Å². The minimum atomic E-state index is -1.98. The summed E-state index contributed by atoms with van der Waals surface area (Å²) < 4.78 is 68.0. The SMILES string of the molecule is CCN[C@H]1CO[C@@H](O[C@H]2[C@H](O[C@H]3C#C/C=C\C#C[C@]4(O)CC(=O)C(CC(C)=O)=C3/C4=C\CSSC3CCNCC3)O[C@H](C)[C@@H](NO[C@H]3C[C@H](O)[C@H](SC(=O)c4c(C)c(I)c(O[C@@H]5O[C@@H](C)[C@H](O)[C@@H](OC)[C@H]5O)c(OC)c4OC)[C@@H](C)O3)[C@@H]2O)C[C@@H]1OC. The molecule has 2 aliphatic carbocycles. The quantitative estimate of drug-likeness (QED) is 0.0256. The van der Waals surface area contributed by atoms with Crippen LogP contribution in [0.2, 0.25) is 0 Å². The maximum absolute atomic E-state index is 14.5. The van der Waals surface area contributed by atoms with E-state index in [-0.39, 0.29) is 83.3 Å². The number of nitrogens with one attached hydrogen (secondary N) is 3. The summed E-state index contributed by atoms with van der Waals surface area (Å²) in [5.74, 6) is 11.7. The van der Waals surface area contributed by atoms with Crippen LogP contribution in [0.25, 0.3) is 0 Å². The molecule has 482 valence electrons. The van der Waals surface area contributed by atoms with Crippen LogP contribution >= 0.6 is 55.9 Å². The summed E-state index contributed by atoms with van der Waals surface area (Å²) in [6, 6.07) is -1.22. The van der Waals surface area contributed by atoms with Gasteiger partial charge in [-0.15, -0.1) is 0 Å². The minimum Gasteiger partial charge on any atom is -0.492 e. The number of likely N-dealkylation sites (N-methyl/N-ethyl adjacent to an activating group) is 1. The molecule has 0 radical (unpaired) electrons. The lowest BCUT2D eigenvalue weighted by Crippen LogP contribution is -2.65. The summed E-state index contributed by atoms with van der Waals surface area (Å²) in [5, 5.41) is 64.4. The van der Waals surface area contributed by atoms with E-state index in [1.165, 1.54) is 40.4 Å². The molecule has 0 unspecified atom stereocenters. The second-order valence-corrected chi connectivity index (χ2v) is 27.2. The van der Waals surface area contributed by atoms with Crippen molar-refractivity contribution in [3.8, 4) is 40.9 Å².